The van der Waals surface area contributed by atoms with E-state index in [-0.39, 0.29) is 6.42 Å². The minimum atomic E-state index is -0.818. The Labute approximate surface area is 101 Å². The van der Waals surface area contributed by atoms with Crippen LogP contribution in [0, 0.1) is 5.92 Å². The normalized spacial score (nSPS) is 16.0. The zero-order valence-electron chi connectivity index (χ0n) is 9.89. The molecule has 1 aromatic carbocycles. The lowest BCUT2D eigenvalue weighted by Gasteiger charge is -2.13. The van der Waals surface area contributed by atoms with Gasteiger partial charge in [0.05, 0.1) is 13.0 Å². The van der Waals surface area contributed by atoms with E-state index >= 15 is 0 Å². The second-order valence-corrected chi connectivity index (χ2v) is 4.64. The molecule has 92 valence electrons. The van der Waals surface area contributed by atoms with E-state index in [0.29, 0.717) is 5.92 Å². The highest BCUT2D eigenvalue weighted by atomic mass is 16.5. The number of carbonyl (C=O) groups is 1. The molecule has 0 amide bonds. The summed E-state index contributed by atoms with van der Waals surface area (Å²) in [5, 5.41) is 8.82. The van der Waals surface area contributed by atoms with Gasteiger partial charge in [-0.15, -0.1) is 0 Å². The van der Waals surface area contributed by atoms with Crippen LogP contribution in [0.5, 0.6) is 5.75 Å². The number of para-hydroxylation sites is 1. The Morgan fingerprint density at radius 3 is 2.71 bits per heavy atom. The fourth-order valence-corrected chi connectivity index (χ4v) is 2.34. The highest BCUT2D eigenvalue weighted by molar-refractivity contribution is 5.71. The van der Waals surface area contributed by atoms with E-state index in [1.54, 1.807) is 0 Å². The Morgan fingerprint density at radius 1 is 1.29 bits per heavy atom. The molecule has 1 saturated carbocycles. The average molecular weight is 234 g/mol. The van der Waals surface area contributed by atoms with Crippen LogP contribution in [0.1, 0.15) is 31.2 Å². The van der Waals surface area contributed by atoms with Gasteiger partial charge in [-0.2, -0.15) is 0 Å². The molecule has 1 fully saturated rings. The lowest BCUT2D eigenvalue weighted by molar-refractivity contribution is -0.136. The molecule has 0 bridgehead atoms. The van der Waals surface area contributed by atoms with Crippen molar-refractivity contribution in [1.29, 1.82) is 0 Å². The Hall–Kier alpha value is -1.51. The van der Waals surface area contributed by atoms with Crippen molar-refractivity contribution in [3.8, 4) is 5.75 Å². The molecule has 1 N–H and O–H groups in total. The van der Waals surface area contributed by atoms with Crippen LogP contribution in [-0.2, 0) is 11.2 Å². The van der Waals surface area contributed by atoms with Crippen molar-refractivity contribution in [3.63, 3.8) is 0 Å². The van der Waals surface area contributed by atoms with Gasteiger partial charge < -0.3 is 9.84 Å². The number of carboxylic acids is 1. The van der Waals surface area contributed by atoms with E-state index in [4.69, 9.17) is 9.84 Å². The Morgan fingerprint density at radius 2 is 2.00 bits per heavy atom. The van der Waals surface area contributed by atoms with Crippen molar-refractivity contribution in [3.05, 3.63) is 29.8 Å². The second kappa shape index (κ2) is 5.71. The monoisotopic (exact) mass is 234 g/mol. The topological polar surface area (TPSA) is 46.5 Å². The number of benzene rings is 1. The summed E-state index contributed by atoms with van der Waals surface area (Å²) in [5.41, 5.74) is 0.762. The van der Waals surface area contributed by atoms with Gasteiger partial charge in [-0.3, -0.25) is 4.79 Å². The third-order valence-corrected chi connectivity index (χ3v) is 3.26. The molecule has 3 heteroatoms. The molecule has 0 unspecified atom stereocenters. The zero-order valence-corrected chi connectivity index (χ0v) is 9.89. The maximum absolute atomic E-state index is 10.7. The summed E-state index contributed by atoms with van der Waals surface area (Å²) in [6.45, 7) is 0.719. The molecular formula is C14H18O3. The van der Waals surface area contributed by atoms with Crippen molar-refractivity contribution in [2.24, 2.45) is 5.92 Å². The summed E-state index contributed by atoms with van der Waals surface area (Å²) in [6.07, 6.45) is 5.10. The van der Waals surface area contributed by atoms with Gasteiger partial charge in [-0.25, -0.2) is 0 Å². The Kier molecular flexibility index (Phi) is 4.02. The SMILES string of the molecule is O=C(O)Cc1ccccc1OCC1CCCC1. The second-order valence-electron chi connectivity index (χ2n) is 4.64. The smallest absolute Gasteiger partial charge is 0.307 e. The van der Waals surface area contributed by atoms with Crippen molar-refractivity contribution < 1.29 is 14.6 Å². The molecule has 17 heavy (non-hydrogen) atoms. The van der Waals surface area contributed by atoms with E-state index in [2.05, 4.69) is 0 Å². The minimum absolute atomic E-state index is 0.0286. The number of hydrogen-bond acceptors (Lipinski definition) is 2. The zero-order chi connectivity index (χ0) is 12.1. The third kappa shape index (κ3) is 3.48. The van der Waals surface area contributed by atoms with Crippen LogP contribution in [0.4, 0.5) is 0 Å². The molecular weight excluding hydrogens is 216 g/mol. The van der Waals surface area contributed by atoms with Gasteiger partial charge >= 0.3 is 5.97 Å². The molecule has 0 aliphatic heterocycles. The molecule has 0 aromatic heterocycles. The first kappa shape index (κ1) is 12.0. The maximum Gasteiger partial charge on any atom is 0.307 e. The van der Waals surface area contributed by atoms with Gasteiger partial charge in [-0.05, 0) is 24.8 Å². The van der Waals surface area contributed by atoms with Crippen molar-refractivity contribution in [2.75, 3.05) is 6.61 Å². The van der Waals surface area contributed by atoms with E-state index < -0.39 is 5.97 Å². The Bertz CT molecular complexity index is 381. The molecule has 0 heterocycles. The predicted molar refractivity (Wildman–Crippen MR) is 65.2 cm³/mol. The molecule has 0 radical (unpaired) electrons. The summed E-state index contributed by atoms with van der Waals surface area (Å²) >= 11 is 0. The van der Waals surface area contributed by atoms with Crippen LogP contribution in [-0.4, -0.2) is 17.7 Å². The largest absolute Gasteiger partial charge is 0.493 e. The molecule has 0 atom stereocenters. The van der Waals surface area contributed by atoms with Crippen LogP contribution in [0.2, 0.25) is 0 Å². The van der Waals surface area contributed by atoms with Gasteiger partial charge in [0.1, 0.15) is 5.75 Å². The van der Waals surface area contributed by atoms with Crippen molar-refractivity contribution in [2.45, 2.75) is 32.1 Å². The van der Waals surface area contributed by atoms with Crippen LogP contribution in [0.25, 0.3) is 0 Å². The Balaban J connectivity index is 1.96. The number of ether oxygens (including phenoxy) is 1. The van der Waals surface area contributed by atoms with Crippen LogP contribution >= 0.6 is 0 Å². The lowest BCUT2D eigenvalue weighted by Crippen LogP contribution is -2.10. The van der Waals surface area contributed by atoms with Gasteiger partial charge in [0.15, 0.2) is 0 Å². The average Bonchev–Trinajstić information content (AvgIpc) is 2.80. The molecule has 1 aromatic rings. The number of carboxylic acid groups (broad SMARTS) is 1. The highest BCUT2D eigenvalue weighted by Gasteiger charge is 2.16. The van der Waals surface area contributed by atoms with E-state index in [1.807, 2.05) is 24.3 Å². The summed E-state index contributed by atoms with van der Waals surface area (Å²) in [6, 6.07) is 7.40. The molecule has 2 rings (SSSR count). The molecule has 1 aliphatic carbocycles. The maximum atomic E-state index is 10.7. The van der Waals surface area contributed by atoms with E-state index in [1.165, 1.54) is 25.7 Å². The highest BCUT2D eigenvalue weighted by Crippen LogP contribution is 2.26. The molecule has 3 nitrogen and oxygen atoms in total. The van der Waals surface area contributed by atoms with Crippen LogP contribution in [0.15, 0.2) is 24.3 Å². The predicted octanol–water partition coefficient (Wildman–Crippen LogP) is 2.88. The van der Waals surface area contributed by atoms with Crippen LogP contribution < -0.4 is 4.74 Å². The first-order valence-electron chi connectivity index (χ1n) is 6.18. The minimum Gasteiger partial charge on any atom is -0.493 e. The lowest BCUT2D eigenvalue weighted by atomic mass is 10.1. The first-order chi connectivity index (χ1) is 8.25. The number of hydrogen-bond donors (Lipinski definition) is 1. The number of rotatable bonds is 5. The first-order valence-corrected chi connectivity index (χ1v) is 6.18. The summed E-state index contributed by atoms with van der Waals surface area (Å²) in [4.78, 5) is 10.7. The van der Waals surface area contributed by atoms with Gasteiger partial charge in [0.25, 0.3) is 0 Å². The quantitative estimate of drug-likeness (QED) is 0.852. The number of aliphatic carboxylic acids is 1. The third-order valence-electron chi connectivity index (χ3n) is 3.26. The standard InChI is InChI=1S/C14H18O3/c15-14(16)9-12-7-3-4-8-13(12)17-10-11-5-1-2-6-11/h3-4,7-8,11H,1-2,5-6,9-10H2,(H,15,16). The molecule has 0 saturated heterocycles. The van der Waals surface area contributed by atoms with Gasteiger partial charge in [0.2, 0.25) is 0 Å². The van der Waals surface area contributed by atoms with Crippen LogP contribution in [0.3, 0.4) is 0 Å². The fourth-order valence-electron chi connectivity index (χ4n) is 2.34. The van der Waals surface area contributed by atoms with Crippen molar-refractivity contribution >= 4 is 5.97 Å². The van der Waals surface area contributed by atoms with E-state index in [0.717, 1.165) is 17.9 Å². The summed E-state index contributed by atoms with van der Waals surface area (Å²) in [7, 11) is 0. The summed E-state index contributed by atoms with van der Waals surface area (Å²) in [5.74, 6) is 0.552. The summed E-state index contributed by atoms with van der Waals surface area (Å²) < 4.78 is 5.76. The van der Waals surface area contributed by atoms with Gasteiger partial charge in [-0.1, -0.05) is 31.0 Å². The molecule has 1 aliphatic rings. The molecule has 0 spiro atoms. The van der Waals surface area contributed by atoms with Gasteiger partial charge in [0, 0.05) is 5.56 Å². The van der Waals surface area contributed by atoms with E-state index in [9.17, 15) is 4.79 Å². The van der Waals surface area contributed by atoms with Crippen molar-refractivity contribution in [1.82, 2.24) is 0 Å². The fraction of sp³-hybridized carbons (Fsp3) is 0.500.